The van der Waals surface area contributed by atoms with E-state index in [1.54, 1.807) is 0 Å². The number of carbonyl (C=O) groups excluding carboxylic acids is 2. The topological polar surface area (TPSA) is 165 Å². The normalized spacial score (nSPS) is 37.1. The van der Waals surface area contributed by atoms with Crippen molar-refractivity contribution in [1.29, 1.82) is 10.8 Å². The number of aliphatic hydroxyl groups is 2. The lowest BCUT2D eigenvalue weighted by atomic mass is 9.85. The fourth-order valence-corrected chi connectivity index (χ4v) is 4.19. The van der Waals surface area contributed by atoms with Gasteiger partial charge in [-0.1, -0.05) is 0 Å². The van der Waals surface area contributed by atoms with Crippen LogP contribution in [0, 0.1) is 10.8 Å². The zero-order chi connectivity index (χ0) is 17.3. The van der Waals surface area contributed by atoms with E-state index >= 15 is 0 Å². The van der Waals surface area contributed by atoms with Crippen LogP contribution in [0.15, 0.2) is 0 Å². The van der Waals surface area contributed by atoms with Gasteiger partial charge in [-0.25, -0.2) is 0 Å². The molecule has 0 saturated carbocycles. The van der Waals surface area contributed by atoms with Crippen LogP contribution in [0.2, 0.25) is 0 Å². The molecular weight excluding hydrogens is 318 g/mol. The van der Waals surface area contributed by atoms with E-state index in [-0.39, 0.29) is 56.1 Å². The third-order valence-corrected chi connectivity index (χ3v) is 5.31. The van der Waals surface area contributed by atoms with Gasteiger partial charge in [0.15, 0.2) is 17.6 Å². The minimum absolute atomic E-state index is 0.00164. The highest BCUT2D eigenvalue weighted by molar-refractivity contribution is 6.02. The lowest BCUT2D eigenvalue weighted by Crippen LogP contribution is -2.80. The van der Waals surface area contributed by atoms with Crippen LogP contribution in [-0.4, -0.2) is 80.4 Å². The molecule has 1 spiro atoms. The number of hydrogen-bond acceptors (Lipinski definition) is 6. The van der Waals surface area contributed by atoms with Gasteiger partial charge in [-0.05, 0) is 0 Å². The maximum atomic E-state index is 11.9. The first-order valence-electron chi connectivity index (χ1n) is 7.80. The molecular formula is C13H19N7O4. The molecule has 4 aliphatic heterocycles. The van der Waals surface area contributed by atoms with Gasteiger partial charge in [-0.2, -0.15) is 0 Å². The predicted octanol–water partition coefficient (Wildman–Crippen LogP) is -3.38. The van der Waals surface area contributed by atoms with Crippen molar-refractivity contribution in [1.82, 2.24) is 25.8 Å². The van der Waals surface area contributed by atoms with E-state index in [2.05, 4.69) is 16.0 Å². The van der Waals surface area contributed by atoms with Crippen molar-refractivity contribution in [3.05, 3.63) is 0 Å². The Bertz CT molecular complexity index is 649. The van der Waals surface area contributed by atoms with Crippen LogP contribution in [0.4, 0.5) is 0 Å². The molecule has 11 nitrogen and oxygen atoms in total. The number of guanidine groups is 2. The fourth-order valence-electron chi connectivity index (χ4n) is 4.19. The Hall–Kier alpha value is -2.40. The Morgan fingerprint density at radius 3 is 2.50 bits per heavy atom. The molecule has 4 aliphatic rings. The van der Waals surface area contributed by atoms with Crippen molar-refractivity contribution in [2.24, 2.45) is 0 Å². The molecule has 4 fully saturated rings. The van der Waals surface area contributed by atoms with Gasteiger partial charge in [-0.3, -0.25) is 25.3 Å². The summed E-state index contributed by atoms with van der Waals surface area (Å²) in [5, 5.41) is 45.6. The lowest BCUT2D eigenvalue weighted by Gasteiger charge is -2.51. The van der Waals surface area contributed by atoms with E-state index in [4.69, 9.17) is 10.8 Å². The molecule has 0 radical (unpaired) electrons. The molecule has 4 rings (SSSR count). The highest BCUT2D eigenvalue weighted by atomic mass is 16.5. The van der Waals surface area contributed by atoms with Crippen LogP contribution in [0.3, 0.4) is 0 Å². The first kappa shape index (κ1) is 15.1. The Balaban J connectivity index is 1.70. The molecule has 0 bridgehead atoms. The Labute approximate surface area is 137 Å². The minimum Gasteiger partial charge on any atom is -0.362 e. The largest absolute Gasteiger partial charge is 0.362 e. The molecule has 2 amide bonds. The van der Waals surface area contributed by atoms with Crippen LogP contribution in [0.5, 0.6) is 0 Å². The summed E-state index contributed by atoms with van der Waals surface area (Å²) in [4.78, 5) is 26.4. The molecule has 3 atom stereocenters. The highest BCUT2D eigenvalue weighted by Crippen LogP contribution is 2.42. The zero-order valence-electron chi connectivity index (χ0n) is 12.8. The van der Waals surface area contributed by atoms with Crippen molar-refractivity contribution >= 4 is 23.7 Å². The summed E-state index contributed by atoms with van der Waals surface area (Å²) in [6.45, 7) is 0.226. The molecule has 0 aromatic rings. The van der Waals surface area contributed by atoms with E-state index < -0.39 is 23.5 Å². The molecule has 0 aromatic heterocycles. The van der Waals surface area contributed by atoms with Gasteiger partial charge >= 0.3 is 0 Å². The predicted molar refractivity (Wildman–Crippen MR) is 79.6 cm³/mol. The maximum absolute atomic E-state index is 11.9. The number of hydrogen-bond donors (Lipinski definition) is 7. The first-order valence-corrected chi connectivity index (χ1v) is 7.80. The second kappa shape index (κ2) is 4.57. The second-order valence-electron chi connectivity index (χ2n) is 6.60. The molecule has 11 heteroatoms. The van der Waals surface area contributed by atoms with E-state index in [0.29, 0.717) is 0 Å². The van der Waals surface area contributed by atoms with Gasteiger partial charge in [-0.15, -0.1) is 0 Å². The summed E-state index contributed by atoms with van der Waals surface area (Å²) in [6, 6.07) is -1.34. The highest BCUT2D eigenvalue weighted by Gasteiger charge is 2.70. The molecule has 130 valence electrons. The maximum Gasteiger partial charge on any atom is 0.229 e. The lowest BCUT2D eigenvalue weighted by molar-refractivity contribution is -0.223. The van der Waals surface area contributed by atoms with Crippen molar-refractivity contribution in [2.45, 2.75) is 42.8 Å². The van der Waals surface area contributed by atoms with Gasteiger partial charge in [0, 0.05) is 25.8 Å². The molecule has 4 heterocycles. The Kier molecular flexibility index (Phi) is 2.89. The minimum atomic E-state index is -2.17. The Morgan fingerprint density at radius 1 is 1.17 bits per heavy atom. The van der Waals surface area contributed by atoms with Crippen molar-refractivity contribution in [3.63, 3.8) is 0 Å². The number of carbonyl (C=O) groups is 2. The monoisotopic (exact) mass is 337 g/mol. The zero-order valence-corrected chi connectivity index (χ0v) is 12.8. The summed E-state index contributed by atoms with van der Waals surface area (Å²) >= 11 is 0. The number of amides is 2. The van der Waals surface area contributed by atoms with Crippen LogP contribution >= 0.6 is 0 Å². The van der Waals surface area contributed by atoms with Gasteiger partial charge in [0.05, 0.1) is 18.6 Å². The molecule has 1 unspecified atom stereocenters. The third-order valence-electron chi connectivity index (χ3n) is 5.31. The number of rotatable bonds is 2. The number of imide groups is 1. The average Bonchev–Trinajstić information content (AvgIpc) is 3.10. The summed E-state index contributed by atoms with van der Waals surface area (Å²) < 4.78 is 0. The van der Waals surface area contributed by atoms with Gasteiger partial charge in [0.2, 0.25) is 17.6 Å². The molecule has 0 aliphatic carbocycles. The number of nitrogens with one attached hydrogen (secondary N) is 5. The molecule has 24 heavy (non-hydrogen) atoms. The quantitative estimate of drug-likeness (QED) is 0.202. The SMILES string of the molecule is N=C1NC2[C@H](CN3C(=O)CCC3=O)NC(=N)N3CCC(O)(O)[C@@]23N1. The summed E-state index contributed by atoms with van der Waals surface area (Å²) in [6.07, 6.45) is 0.330. The van der Waals surface area contributed by atoms with Gasteiger partial charge in [0.1, 0.15) is 0 Å². The Morgan fingerprint density at radius 2 is 1.83 bits per heavy atom. The van der Waals surface area contributed by atoms with Crippen molar-refractivity contribution < 1.29 is 19.8 Å². The van der Waals surface area contributed by atoms with E-state index in [0.717, 1.165) is 4.90 Å². The molecule has 7 N–H and O–H groups in total. The number of nitrogens with zero attached hydrogens (tertiary/aromatic N) is 2. The van der Waals surface area contributed by atoms with Crippen LogP contribution < -0.4 is 16.0 Å². The summed E-state index contributed by atoms with van der Waals surface area (Å²) in [5.74, 6) is -2.86. The van der Waals surface area contributed by atoms with E-state index in [1.165, 1.54) is 4.90 Å². The fraction of sp³-hybridized carbons (Fsp3) is 0.692. The summed E-state index contributed by atoms with van der Waals surface area (Å²) in [5.41, 5.74) is -1.48. The van der Waals surface area contributed by atoms with Crippen LogP contribution in [-0.2, 0) is 9.59 Å². The van der Waals surface area contributed by atoms with Crippen LogP contribution in [0.25, 0.3) is 0 Å². The van der Waals surface area contributed by atoms with Gasteiger partial charge in [0.25, 0.3) is 0 Å². The third kappa shape index (κ3) is 1.73. The standard InChI is InChI=1S/C13H19N7O4/c14-10-17-9-6(5-19-7(21)1-2-8(19)22)16-11(15)20-4-3-12(23,24)13(9,20)18-10/h6,9,23-24H,1-5H2,(H2,15,16)(H3,14,17,18)/t6-,9?,13+/m0/s1. The van der Waals surface area contributed by atoms with Crippen molar-refractivity contribution in [2.75, 3.05) is 13.1 Å². The smallest absolute Gasteiger partial charge is 0.229 e. The summed E-state index contributed by atoms with van der Waals surface area (Å²) in [7, 11) is 0. The molecule has 0 aromatic carbocycles. The molecule has 4 saturated heterocycles. The van der Waals surface area contributed by atoms with E-state index in [1.807, 2.05) is 0 Å². The number of likely N-dealkylation sites (tertiary alicyclic amines) is 1. The van der Waals surface area contributed by atoms with E-state index in [9.17, 15) is 19.8 Å². The van der Waals surface area contributed by atoms with Crippen molar-refractivity contribution in [3.8, 4) is 0 Å². The second-order valence-corrected chi connectivity index (χ2v) is 6.60. The average molecular weight is 337 g/mol. The van der Waals surface area contributed by atoms with Gasteiger partial charge < -0.3 is 31.1 Å². The first-order chi connectivity index (χ1) is 11.3. The van der Waals surface area contributed by atoms with Crippen LogP contribution in [0.1, 0.15) is 19.3 Å².